The normalized spacial score (nSPS) is 12.3. The second kappa shape index (κ2) is 18.1. The summed E-state index contributed by atoms with van der Waals surface area (Å²) in [6.45, 7) is 4.06. The zero-order valence-corrected chi connectivity index (χ0v) is 31.4. The third-order valence-corrected chi connectivity index (χ3v) is 10.1. The van der Waals surface area contributed by atoms with Crippen molar-refractivity contribution in [2.45, 2.75) is 23.6 Å². The molecule has 1 aliphatic carbocycles. The summed E-state index contributed by atoms with van der Waals surface area (Å²) >= 11 is 0. The summed E-state index contributed by atoms with van der Waals surface area (Å²) in [4.78, 5) is 10.8. The Bertz CT molecular complexity index is 1870. The van der Waals surface area contributed by atoms with E-state index >= 15 is 0 Å². The van der Waals surface area contributed by atoms with E-state index in [9.17, 15) is 21.4 Å². The highest BCUT2D eigenvalue weighted by atomic mass is 33.2. The van der Waals surface area contributed by atoms with Gasteiger partial charge in [0.05, 0.1) is 16.3 Å². The molecule has 0 atom stereocenters. The van der Waals surface area contributed by atoms with Crippen molar-refractivity contribution in [1.82, 2.24) is 0 Å². The van der Waals surface area contributed by atoms with Crippen molar-refractivity contribution in [1.29, 1.82) is 0 Å². The largest absolute Gasteiger partial charge is 0.739 e. The van der Waals surface area contributed by atoms with Crippen LogP contribution in [0, 0.1) is 0 Å². The second-order valence-corrected chi connectivity index (χ2v) is 17.4. The highest BCUT2D eigenvalue weighted by Gasteiger charge is 2.12. The smallest absolute Gasteiger partial charge is 0.324 e. The van der Waals surface area contributed by atoms with Gasteiger partial charge in [0.15, 0.2) is 9.15 Å². The number of nitrogens with two attached hydrogens (primary N) is 1. The molecule has 0 fully saturated rings. The van der Waals surface area contributed by atoms with Crippen LogP contribution in [0.15, 0.2) is 117 Å². The van der Waals surface area contributed by atoms with Gasteiger partial charge in [0.2, 0.25) is 0 Å². The number of hydrogen-bond acceptors (Lipinski definition) is 12. The lowest BCUT2D eigenvalue weighted by molar-refractivity contribution is 0.482. The molecule has 260 valence electrons. The second-order valence-electron chi connectivity index (χ2n) is 11.1. The van der Waals surface area contributed by atoms with Crippen LogP contribution in [-0.2, 0) is 18.3 Å². The Hall–Kier alpha value is -3.73. The van der Waals surface area contributed by atoms with E-state index in [-0.39, 0.29) is 10.8 Å². The number of hydrogen-bond donors (Lipinski definition) is 2. The topological polar surface area (TPSA) is 160 Å². The molecule has 0 saturated carbocycles. The Morgan fingerprint density at radius 1 is 0.708 bits per heavy atom. The van der Waals surface area contributed by atoms with Crippen molar-refractivity contribution in [3.63, 3.8) is 0 Å². The van der Waals surface area contributed by atoms with Crippen LogP contribution in [0.1, 0.15) is 13.8 Å². The minimum atomic E-state index is -4.47. The molecule has 3 N–H and O–H groups in total. The van der Waals surface area contributed by atoms with Gasteiger partial charge in [-0.3, -0.25) is 4.55 Å². The molecule has 0 bridgehead atoms. The van der Waals surface area contributed by atoms with E-state index in [4.69, 9.17) is 10.3 Å². The number of nitrogens with zero attached hydrogens (tertiary/aromatic N) is 4. The van der Waals surface area contributed by atoms with E-state index < -0.39 is 18.3 Å². The van der Waals surface area contributed by atoms with Gasteiger partial charge in [-0.1, -0.05) is 35.9 Å². The highest BCUT2D eigenvalue weighted by Crippen LogP contribution is 2.36. The lowest BCUT2D eigenvalue weighted by atomic mass is 10.0. The molecule has 0 amide bonds. The summed E-state index contributed by atoms with van der Waals surface area (Å²) in [5.41, 5.74) is 12.2. The molecule has 15 heteroatoms. The Morgan fingerprint density at radius 3 is 1.65 bits per heavy atom. The maximum atomic E-state index is 11.2. The van der Waals surface area contributed by atoms with Gasteiger partial charge in [0, 0.05) is 80.7 Å². The fourth-order valence-electron chi connectivity index (χ4n) is 3.77. The van der Waals surface area contributed by atoms with Gasteiger partial charge >= 0.3 is 9.15 Å². The standard InChI is InChI=1S/C17H20N2O3S2.C8H12N2O3S2.C8H11N/c1-12(2)13-5-7-14(8-6-13)18-16-10-9-15(19(3)4)11-17(16)23-24(20,21)22;1-10(2)6-3-4-7(9)8(5-6)14-15(11,12)13;1-9(2)8-6-4-3-5-7-8/h5-11H,1-4H3,(H,20,21,22);3-5H,9H2,1-2H3,(H,11,12,13);3-7H,1-2H3/p-1. The quantitative estimate of drug-likeness (QED) is 0.142. The van der Waals surface area contributed by atoms with Gasteiger partial charge < -0.3 is 25.0 Å². The Balaban J connectivity index is 0.000000282. The number of anilines is 4. The van der Waals surface area contributed by atoms with Gasteiger partial charge in [-0.2, -0.15) is 8.42 Å². The van der Waals surface area contributed by atoms with E-state index in [2.05, 4.69) is 22.0 Å². The summed E-state index contributed by atoms with van der Waals surface area (Å²) < 4.78 is 63.5. The van der Waals surface area contributed by atoms with Crippen LogP contribution >= 0.6 is 21.6 Å². The number of nitrogen functional groups attached to an aromatic ring is 1. The molecule has 0 radical (unpaired) electrons. The zero-order valence-electron chi connectivity index (χ0n) is 28.1. The number of para-hydroxylation sites is 1. The molecular formula is C33H42N5O6S4-. The first-order chi connectivity index (χ1) is 22.3. The Kier molecular flexibility index (Phi) is 15.3. The fraction of sp³-hybridized carbons (Fsp3) is 0.242. The van der Waals surface area contributed by atoms with Gasteiger partial charge in [-0.25, -0.2) is 13.4 Å². The Labute approximate surface area is 292 Å². The minimum Gasteiger partial charge on any atom is -0.739 e. The monoisotopic (exact) mass is 732 g/mol. The molecule has 0 aliphatic heterocycles. The van der Waals surface area contributed by atoms with E-state index in [0.29, 0.717) is 37.7 Å². The van der Waals surface area contributed by atoms with Gasteiger partial charge in [0.25, 0.3) is 0 Å². The molecule has 0 aromatic heterocycles. The molecule has 0 spiro atoms. The lowest BCUT2D eigenvalue weighted by Gasteiger charge is -2.16. The van der Waals surface area contributed by atoms with E-state index in [1.165, 1.54) is 11.3 Å². The van der Waals surface area contributed by atoms with Gasteiger partial charge in [0.1, 0.15) is 0 Å². The maximum Gasteiger partial charge on any atom is 0.324 e. The predicted molar refractivity (Wildman–Crippen MR) is 203 cm³/mol. The van der Waals surface area contributed by atoms with E-state index in [0.717, 1.165) is 16.9 Å². The fourth-order valence-corrected chi connectivity index (χ4v) is 7.09. The van der Waals surface area contributed by atoms with Crippen LogP contribution in [-0.4, -0.2) is 73.9 Å². The average Bonchev–Trinajstić information content (AvgIpc) is 2.99. The van der Waals surface area contributed by atoms with Crippen molar-refractivity contribution in [2.75, 3.05) is 62.7 Å². The van der Waals surface area contributed by atoms with E-state index in [1.807, 2.05) is 115 Å². The number of benzene rings is 3. The minimum absolute atomic E-state index is 0.278. The maximum absolute atomic E-state index is 11.2. The summed E-state index contributed by atoms with van der Waals surface area (Å²) in [5.74, 6) is 0. The molecule has 1 aliphatic rings. The number of rotatable bonds is 8. The summed E-state index contributed by atoms with van der Waals surface area (Å²) in [5, 5.41) is 0. The predicted octanol–water partition coefficient (Wildman–Crippen LogP) is 6.82. The van der Waals surface area contributed by atoms with Crippen LogP contribution in [0.3, 0.4) is 0 Å². The third kappa shape index (κ3) is 14.6. The number of allylic oxidation sites excluding steroid dienone is 6. The summed E-state index contributed by atoms with van der Waals surface area (Å²) in [6, 6.07) is 20.4. The molecule has 4 rings (SSSR count). The number of aliphatic imine (C=N–C) groups is 1. The molecule has 48 heavy (non-hydrogen) atoms. The van der Waals surface area contributed by atoms with Crippen molar-refractivity contribution in [3.05, 3.63) is 102 Å². The summed E-state index contributed by atoms with van der Waals surface area (Å²) in [7, 11) is 3.43. The molecule has 3 aromatic carbocycles. The Morgan fingerprint density at radius 2 is 1.21 bits per heavy atom. The van der Waals surface area contributed by atoms with Crippen molar-refractivity contribution in [2.24, 2.45) is 4.99 Å². The van der Waals surface area contributed by atoms with Crippen molar-refractivity contribution < 1.29 is 25.9 Å². The van der Waals surface area contributed by atoms with Crippen LogP contribution in [0.4, 0.5) is 28.4 Å². The van der Waals surface area contributed by atoms with Crippen LogP contribution in [0.25, 0.3) is 0 Å². The van der Waals surface area contributed by atoms with Gasteiger partial charge in [-0.05, 0) is 90.9 Å². The van der Waals surface area contributed by atoms with Crippen LogP contribution in [0.2, 0.25) is 0 Å². The molecule has 0 heterocycles. The molecule has 11 nitrogen and oxygen atoms in total. The summed E-state index contributed by atoms with van der Waals surface area (Å²) in [6.07, 6.45) is 7.64. The SMILES string of the molecule is CC(C)=C1C=CC(=Nc2ccc(N(C)C)cc2SS(=O)(=O)[O-])C=C1.CN(C)c1ccc(N)c(SS(=O)(=O)O)c1.CN(C)c1ccccc1. The van der Waals surface area contributed by atoms with Crippen molar-refractivity contribution >= 4 is 74.0 Å². The van der Waals surface area contributed by atoms with Crippen LogP contribution in [0.5, 0.6) is 0 Å². The van der Waals surface area contributed by atoms with Gasteiger partial charge in [-0.15, -0.1) is 0 Å². The first-order valence-electron chi connectivity index (χ1n) is 14.3. The van der Waals surface area contributed by atoms with Crippen LogP contribution < -0.4 is 20.4 Å². The highest BCUT2D eigenvalue weighted by molar-refractivity contribution is 8.70. The molecule has 3 aromatic rings. The van der Waals surface area contributed by atoms with E-state index in [1.54, 1.807) is 30.3 Å². The lowest BCUT2D eigenvalue weighted by Crippen LogP contribution is -2.09. The first kappa shape index (κ1) is 40.4. The van der Waals surface area contributed by atoms with Crippen molar-refractivity contribution in [3.8, 4) is 0 Å². The molecular weight excluding hydrogens is 691 g/mol. The first-order valence-corrected chi connectivity index (χ1v) is 19.8. The average molecular weight is 733 g/mol. The molecule has 0 saturated heterocycles. The third-order valence-electron chi connectivity index (χ3n) is 6.33. The zero-order chi connectivity index (χ0) is 36.2. The molecule has 0 unspecified atom stereocenters.